The van der Waals surface area contributed by atoms with Crippen LogP contribution in [0.1, 0.15) is 25.8 Å². The summed E-state index contributed by atoms with van der Waals surface area (Å²) in [6, 6.07) is 20.4. The van der Waals surface area contributed by atoms with Crippen LogP contribution in [0.3, 0.4) is 0 Å². The molecule has 0 bridgehead atoms. The van der Waals surface area contributed by atoms with Crippen molar-refractivity contribution in [1.29, 1.82) is 0 Å². The van der Waals surface area contributed by atoms with Crippen molar-refractivity contribution in [2.75, 3.05) is 13.2 Å². The fourth-order valence-electron chi connectivity index (χ4n) is 3.79. The van der Waals surface area contributed by atoms with Gasteiger partial charge in [-0.3, -0.25) is 9.59 Å². The highest BCUT2D eigenvalue weighted by Gasteiger charge is 2.30. The number of nitrogens with one attached hydrogen (secondary N) is 2. The first-order valence-electron chi connectivity index (χ1n) is 11.7. The van der Waals surface area contributed by atoms with Crippen molar-refractivity contribution in [1.82, 2.24) is 10.0 Å². The Labute approximate surface area is 206 Å². The number of benzene rings is 3. The Bertz CT molecular complexity index is 1260. The summed E-state index contributed by atoms with van der Waals surface area (Å²) in [5, 5.41) is 14.1. The van der Waals surface area contributed by atoms with E-state index < -0.39 is 34.5 Å². The van der Waals surface area contributed by atoms with Crippen molar-refractivity contribution in [3.8, 4) is 0 Å². The van der Waals surface area contributed by atoms with E-state index >= 15 is 0 Å². The largest absolute Gasteiger partial charge is 0.396 e. The van der Waals surface area contributed by atoms with Crippen LogP contribution in [0.15, 0.2) is 77.7 Å². The van der Waals surface area contributed by atoms with Gasteiger partial charge in [0.1, 0.15) is 11.8 Å². The molecule has 35 heavy (non-hydrogen) atoms. The normalized spacial score (nSPS) is 14.3. The molecule has 0 fully saturated rings. The van der Waals surface area contributed by atoms with E-state index in [2.05, 4.69) is 10.0 Å². The highest BCUT2D eigenvalue weighted by atomic mass is 32.2. The Balaban J connectivity index is 1.70. The monoisotopic (exact) mass is 496 g/mol. The SMILES string of the molecule is CCC(C)C(NS(=O)(=O)c1ccc2ccccc2c1)C(=O)NCC(CO)C(=O)Cc1ccccc1. The van der Waals surface area contributed by atoms with E-state index in [0.29, 0.717) is 6.42 Å². The molecular formula is C27H32N2O5S. The molecule has 8 heteroatoms. The smallest absolute Gasteiger partial charge is 0.241 e. The van der Waals surface area contributed by atoms with E-state index in [1.54, 1.807) is 19.1 Å². The van der Waals surface area contributed by atoms with Gasteiger partial charge < -0.3 is 10.4 Å². The molecule has 1 amide bonds. The second-order valence-corrected chi connectivity index (χ2v) is 10.5. The average molecular weight is 497 g/mol. The van der Waals surface area contributed by atoms with Crippen LogP contribution >= 0.6 is 0 Å². The van der Waals surface area contributed by atoms with Crippen LogP contribution in [0.25, 0.3) is 10.8 Å². The maximum absolute atomic E-state index is 13.1. The molecule has 0 aromatic heterocycles. The Kier molecular flexibility index (Phi) is 9.14. The molecule has 0 aliphatic carbocycles. The van der Waals surface area contributed by atoms with E-state index in [-0.39, 0.29) is 29.6 Å². The van der Waals surface area contributed by atoms with E-state index in [0.717, 1.165) is 16.3 Å². The molecule has 0 aliphatic rings. The minimum Gasteiger partial charge on any atom is -0.396 e. The first-order chi connectivity index (χ1) is 16.7. The molecule has 3 rings (SSSR count). The highest BCUT2D eigenvalue weighted by Crippen LogP contribution is 2.20. The van der Waals surface area contributed by atoms with Crippen molar-refractivity contribution in [2.45, 2.75) is 37.6 Å². The number of amides is 1. The Morgan fingerprint density at radius 1 is 0.943 bits per heavy atom. The molecule has 0 aliphatic heterocycles. The molecule has 0 saturated carbocycles. The molecule has 7 nitrogen and oxygen atoms in total. The lowest BCUT2D eigenvalue weighted by Crippen LogP contribution is -2.51. The molecule has 0 saturated heterocycles. The minimum atomic E-state index is -3.98. The fraction of sp³-hybridized carbons (Fsp3) is 0.333. The first-order valence-corrected chi connectivity index (χ1v) is 13.2. The number of hydrogen-bond donors (Lipinski definition) is 3. The maximum Gasteiger partial charge on any atom is 0.241 e. The Morgan fingerprint density at radius 2 is 1.60 bits per heavy atom. The van der Waals surface area contributed by atoms with Crippen molar-refractivity contribution < 1.29 is 23.1 Å². The predicted molar refractivity (Wildman–Crippen MR) is 136 cm³/mol. The predicted octanol–water partition coefficient (Wildman–Crippen LogP) is 3.07. The van der Waals surface area contributed by atoms with Crippen LogP contribution in [0.5, 0.6) is 0 Å². The molecule has 3 unspecified atom stereocenters. The van der Waals surface area contributed by atoms with Gasteiger partial charge in [0.05, 0.1) is 17.4 Å². The van der Waals surface area contributed by atoms with Gasteiger partial charge in [0.2, 0.25) is 15.9 Å². The summed E-state index contributed by atoms with van der Waals surface area (Å²) in [6.45, 7) is 3.17. The molecule has 0 radical (unpaired) electrons. The van der Waals surface area contributed by atoms with E-state index in [1.165, 1.54) is 6.07 Å². The van der Waals surface area contributed by atoms with Gasteiger partial charge in [0.15, 0.2) is 0 Å². The molecule has 3 atom stereocenters. The van der Waals surface area contributed by atoms with Crippen molar-refractivity contribution in [3.63, 3.8) is 0 Å². The number of sulfonamides is 1. The van der Waals surface area contributed by atoms with Gasteiger partial charge in [-0.1, -0.05) is 80.9 Å². The lowest BCUT2D eigenvalue weighted by atomic mass is 9.97. The van der Waals surface area contributed by atoms with E-state index in [1.807, 2.05) is 61.5 Å². The number of fused-ring (bicyclic) bond motifs is 1. The zero-order chi connectivity index (χ0) is 25.4. The number of hydrogen-bond acceptors (Lipinski definition) is 5. The number of carbonyl (C=O) groups excluding carboxylic acids is 2. The number of rotatable bonds is 12. The minimum absolute atomic E-state index is 0.0728. The summed E-state index contributed by atoms with van der Waals surface area (Å²) in [4.78, 5) is 25.7. The molecule has 0 heterocycles. The number of aliphatic hydroxyl groups excluding tert-OH is 1. The Hall–Kier alpha value is -3.07. The second kappa shape index (κ2) is 12.1. The molecular weight excluding hydrogens is 464 g/mol. The van der Waals surface area contributed by atoms with Gasteiger partial charge in [-0.05, 0) is 34.4 Å². The Morgan fingerprint density at radius 3 is 2.26 bits per heavy atom. The third kappa shape index (κ3) is 6.97. The standard InChI is InChI=1S/C27H32N2O5S/c1-3-19(2)26(29-35(33,34)24-14-13-21-11-7-8-12-22(21)16-24)27(32)28-17-23(18-30)25(31)15-20-9-5-4-6-10-20/h4-14,16,19,23,26,29-30H,3,15,17-18H2,1-2H3,(H,28,32). The van der Waals surface area contributed by atoms with Crippen molar-refractivity contribution >= 4 is 32.5 Å². The van der Waals surface area contributed by atoms with Crippen LogP contribution < -0.4 is 10.0 Å². The first kappa shape index (κ1) is 26.5. The van der Waals surface area contributed by atoms with Crippen molar-refractivity contribution in [2.24, 2.45) is 11.8 Å². The zero-order valence-corrected chi connectivity index (χ0v) is 20.8. The van der Waals surface area contributed by atoms with E-state index in [9.17, 15) is 23.1 Å². The zero-order valence-electron chi connectivity index (χ0n) is 20.0. The van der Waals surface area contributed by atoms with Gasteiger partial charge in [0.25, 0.3) is 0 Å². The maximum atomic E-state index is 13.1. The third-order valence-electron chi connectivity index (χ3n) is 6.23. The summed E-state index contributed by atoms with van der Waals surface area (Å²) in [7, 11) is -3.98. The van der Waals surface area contributed by atoms with Crippen LogP contribution in [-0.4, -0.2) is 44.4 Å². The molecule has 3 aromatic rings. The molecule has 0 spiro atoms. The molecule has 3 aromatic carbocycles. The van der Waals surface area contributed by atoms with Crippen LogP contribution in [0.2, 0.25) is 0 Å². The molecule has 3 N–H and O–H groups in total. The quantitative estimate of drug-likeness (QED) is 0.357. The summed E-state index contributed by atoms with van der Waals surface area (Å²) >= 11 is 0. The second-order valence-electron chi connectivity index (χ2n) is 8.75. The topological polar surface area (TPSA) is 113 Å². The van der Waals surface area contributed by atoms with Crippen LogP contribution in [-0.2, 0) is 26.0 Å². The summed E-state index contributed by atoms with van der Waals surface area (Å²) < 4.78 is 28.8. The van der Waals surface area contributed by atoms with Gasteiger partial charge >= 0.3 is 0 Å². The molecule has 186 valence electrons. The third-order valence-corrected chi connectivity index (χ3v) is 7.67. The van der Waals surface area contributed by atoms with Gasteiger partial charge in [-0.2, -0.15) is 4.72 Å². The van der Waals surface area contributed by atoms with Gasteiger partial charge in [-0.15, -0.1) is 0 Å². The van der Waals surface area contributed by atoms with Crippen LogP contribution in [0.4, 0.5) is 0 Å². The number of Topliss-reactive ketones (excluding diaryl/α,β-unsaturated/α-hetero) is 1. The lowest BCUT2D eigenvalue weighted by molar-refractivity contribution is -0.125. The summed E-state index contributed by atoms with van der Waals surface area (Å²) in [5.41, 5.74) is 0.822. The number of carbonyl (C=O) groups is 2. The van der Waals surface area contributed by atoms with Gasteiger partial charge in [0, 0.05) is 13.0 Å². The number of ketones is 1. The highest BCUT2D eigenvalue weighted by molar-refractivity contribution is 7.89. The number of aliphatic hydroxyl groups is 1. The summed E-state index contributed by atoms with van der Waals surface area (Å²) in [6.07, 6.45) is 0.708. The van der Waals surface area contributed by atoms with Crippen LogP contribution in [0, 0.1) is 11.8 Å². The van der Waals surface area contributed by atoms with E-state index in [4.69, 9.17) is 0 Å². The van der Waals surface area contributed by atoms with Gasteiger partial charge in [-0.25, -0.2) is 8.42 Å². The van der Waals surface area contributed by atoms with Crippen molar-refractivity contribution in [3.05, 3.63) is 78.4 Å². The lowest BCUT2D eigenvalue weighted by Gasteiger charge is -2.24. The fourth-order valence-corrected chi connectivity index (χ4v) is 5.13. The summed E-state index contributed by atoms with van der Waals surface area (Å²) in [5.74, 6) is -1.81. The average Bonchev–Trinajstić information content (AvgIpc) is 2.87.